The van der Waals surface area contributed by atoms with E-state index in [-0.39, 0.29) is 28.7 Å². The molecule has 8 aromatic carbocycles. The third-order valence-corrected chi connectivity index (χ3v) is 17.4. The Bertz CT molecular complexity index is 3690. The highest BCUT2D eigenvalue weighted by Gasteiger charge is 2.50. The number of ether oxygens (including phenoxy) is 4. The number of hydrogen-bond donors (Lipinski definition) is 1. The van der Waals surface area contributed by atoms with Gasteiger partial charge in [-0.1, -0.05) is 119 Å². The first-order valence-corrected chi connectivity index (χ1v) is 28.1. The first-order valence-electron chi connectivity index (χ1n) is 28.1. The van der Waals surface area contributed by atoms with E-state index in [9.17, 15) is 18.0 Å². The molecule has 6 nitrogen and oxygen atoms in total. The van der Waals surface area contributed by atoms with Crippen molar-refractivity contribution in [1.82, 2.24) is 0 Å². The number of rotatable bonds is 14. The molecule has 1 amide bonds. The Labute approximate surface area is 475 Å². The Kier molecular flexibility index (Phi) is 14.8. The quantitative estimate of drug-likeness (QED) is 0.0868. The van der Waals surface area contributed by atoms with Gasteiger partial charge in [0.2, 0.25) is 0 Å². The summed E-state index contributed by atoms with van der Waals surface area (Å²) < 4.78 is 115. The Morgan fingerprint density at radius 3 is 1.83 bits per heavy atom. The van der Waals surface area contributed by atoms with Crippen LogP contribution in [0.2, 0.25) is 0 Å². The smallest absolute Gasteiger partial charge is 0.416 e. The van der Waals surface area contributed by atoms with Crippen molar-refractivity contribution < 1.29 is 50.1 Å². The molecule has 3 aliphatic rings. The number of halogens is 6. The van der Waals surface area contributed by atoms with Crippen LogP contribution < -0.4 is 24.3 Å². The third kappa shape index (κ3) is 10.2. The minimum atomic E-state index is -5.14. The monoisotopic (exact) mass is 1110 g/mol. The molecule has 1 fully saturated rings. The van der Waals surface area contributed by atoms with Gasteiger partial charge >= 0.3 is 12.4 Å². The van der Waals surface area contributed by atoms with E-state index in [1.165, 1.54) is 64.0 Å². The molecule has 1 saturated carbocycles. The van der Waals surface area contributed by atoms with Crippen LogP contribution in [0, 0.1) is 12.8 Å². The number of carbonyl (C=O) groups is 1. The molecule has 0 atom stereocenters. The lowest BCUT2D eigenvalue weighted by Gasteiger charge is -2.38. The van der Waals surface area contributed by atoms with Crippen molar-refractivity contribution in [1.29, 1.82) is 0 Å². The maximum atomic E-state index is 15.4. The van der Waals surface area contributed by atoms with Gasteiger partial charge in [0.1, 0.15) is 23.0 Å². The summed E-state index contributed by atoms with van der Waals surface area (Å²) in [6.07, 6.45) is 3.75. The lowest BCUT2D eigenvalue weighted by Crippen LogP contribution is -2.35. The van der Waals surface area contributed by atoms with E-state index in [1.807, 2.05) is 79.7 Å². The molecule has 0 unspecified atom stereocenters. The van der Waals surface area contributed by atoms with E-state index >= 15 is 13.2 Å². The maximum Gasteiger partial charge on any atom is 0.416 e. The van der Waals surface area contributed by atoms with Crippen LogP contribution in [-0.2, 0) is 23.4 Å². The molecule has 0 aromatic heterocycles. The Hall–Kier alpha value is -7.99. The number of fused-ring (bicyclic) bond motifs is 8. The highest BCUT2D eigenvalue weighted by molar-refractivity contribution is 6.11. The highest BCUT2D eigenvalue weighted by atomic mass is 19.4. The molecule has 0 bridgehead atoms. The number of carbonyl (C=O) groups excluding carboxylic acids is 1. The van der Waals surface area contributed by atoms with Gasteiger partial charge in [0.15, 0.2) is 5.60 Å². The van der Waals surface area contributed by atoms with Crippen molar-refractivity contribution in [2.45, 2.75) is 108 Å². The molecular weight excluding hydrogens is 1050 g/mol. The van der Waals surface area contributed by atoms with Gasteiger partial charge in [-0.2, -0.15) is 26.3 Å². The average Bonchev–Trinajstić information content (AvgIpc) is 1.80. The molecule has 11 rings (SSSR count). The molecule has 2 aliphatic carbocycles. The number of hydrogen-bond acceptors (Lipinski definition) is 5. The van der Waals surface area contributed by atoms with E-state index in [2.05, 4.69) is 36.5 Å². The van der Waals surface area contributed by atoms with Gasteiger partial charge < -0.3 is 24.3 Å². The largest absolute Gasteiger partial charge is 0.497 e. The molecule has 1 N–H and O–H groups in total. The first kappa shape index (κ1) is 55.9. The van der Waals surface area contributed by atoms with Crippen molar-refractivity contribution in [2.75, 3.05) is 26.6 Å². The summed E-state index contributed by atoms with van der Waals surface area (Å²) in [5, 5.41) is 3.78. The Morgan fingerprint density at radius 2 is 1.27 bits per heavy atom. The number of anilines is 1. The number of methoxy groups -OCH3 is 3. The van der Waals surface area contributed by atoms with Crippen LogP contribution >= 0.6 is 0 Å². The van der Waals surface area contributed by atoms with Gasteiger partial charge in [-0.25, -0.2) is 0 Å². The zero-order valence-corrected chi connectivity index (χ0v) is 47.1. The molecule has 12 heteroatoms. The standard InChI is InChI=1S/C70H65F6NO5/c1-8-9-10-11-42-12-14-43(15-13-42)44-16-18-45(19-17-44)46-20-22-47(23-21-46)66(78)77-51-28-33-54(41(2)36-51)56-39-57-58(40-61(56)81-7)65-55(64-62(57)59-37-50(69(71,72)73)38-60(70(74,75)76)63(59)67(64,3)4)34-35-68(82-65,48-24-29-52(79-5)30-25-48)49-26-31-53(80-6)32-27-49/h16-40,42-43H,8-15H2,1-7H3,(H,77,78)/t42-,43-. The summed E-state index contributed by atoms with van der Waals surface area (Å²) in [7, 11) is 4.62. The summed E-state index contributed by atoms with van der Waals surface area (Å²) in [4.78, 5) is 13.8. The van der Waals surface area contributed by atoms with Gasteiger partial charge in [-0.05, 0) is 179 Å². The number of alkyl halides is 6. The number of amides is 1. The van der Waals surface area contributed by atoms with Crippen molar-refractivity contribution in [3.05, 3.63) is 201 Å². The van der Waals surface area contributed by atoms with Gasteiger partial charge in [0.05, 0.1) is 32.5 Å². The van der Waals surface area contributed by atoms with E-state index in [0.717, 1.165) is 23.1 Å². The fourth-order valence-corrected chi connectivity index (χ4v) is 13.1. The van der Waals surface area contributed by atoms with Crippen LogP contribution in [0.1, 0.15) is 138 Å². The second-order valence-electron chi connectivity index (χ2n) is 22.7. The minimum absolute atomic E-state index is 0.178. The Balaban J connectivity index is 0.968. The maximum absolute atomic E-state index is 15.4. The van der Waals surface area contributed by atoms with Gasteiger partial charge in [0, 0.05) is 44.3 Å². The van der Waals surface area contributed by atoms with Gasteiger partial charge in [0.25, 0.3) is 5.91 Å². The number of aryl methyl sites for hydroxylation is 1. The van der Waals surface area contributed by atoms with Crippen molar-refractivity contribution in [2.24, 2.45) is 5.92 Å². The Morgan fingerprint density at radius 1 is 0.646 bits per heavy atom. The second-order valence-corrected chi connectivity index (χ2v) is 22.7. The first-order chi connectivity index (χ1) is 39.3. The molecule has 0 saturated heterocycles. The van der Waals surface area contributed by atoms with Crippen LogP contribution in [0.4, 0.5) is 32.0 Å². The molecule has 82 heavy (non-hydrogen) atoms. The molecule has 0 spiro atoms. The summed E-state index contributed by atoms with van der Waals surface area (Å²) >= 11 is 0. The molecule has 422 valence electrons. The van der Waals surface area contributed by atoms with Crippen LogP contribution in [-0.4, -0.2) is 27.2 Å². The summed E-state index contributed by atoms with van der Waals surface area (Å²) in [5.74, 6) is 2.99. The van der Waals surface area contributed by atoms with Crippen molar-refractivity contribution >= 4 is 28.4 Å². The van der Waals surface area contributed by atoms with Crippen molar-refractivity contribution in [3.63, 3.8) is 0 Å². The van der Waals surface area contributed by atoms with E-state index in [4.69, 9.17) is 18.9 Å². The summed E-state index contributed by atoms with van der Waals surface area (Å²) in [6.45, 7) is 7.35. The predicted molar refractivity (Wildman–Crippen MR) is 313 cm³/mol. The molecule has 1 heterocycles. The summed E-state index contributed by atoms with van der Waals surface area (Å²) in [5.41, 5.74) is 2.65. The fourth-order valence-electron chi connectivity index (χ4n) is 13.1. The van der Waals surface area contributed by atoms with E-state index in [0.29, 0.717) is 89.9 Å². The molecule has 8 aromatic rings. The van der Waals surface area contributed by atoms with E-state index in [1.54, 1.807) is 70.5 Å². The number of benzene rings is 8. The molecule has 0 radical (unpaired) electrons. The normalized spacial score (nSPS) is 16.9. The van der Waals surface area contributed by atoms with Gasteiger partial charge in [-0.15, -0.1) is 0 Å². The highest BCUT2D eigenvalue weighted by Crippen LogP contribution is 2.62. The molecular formula is C70H65F6NO5. The van der Waals surface area contributed by atoms with Gasteiger partial charge in [-0.3, -0.25) is 4.79 Å². The number of nitrogens with one attached hydrogen (secondary N) is 1. The van der Waals surface area contributed by atoms with Crippen LogP contribution in [0.15, 0.2) is 146 Å². The average molecular weight is 1110 g/mol. The van der Waals surface area contributed by atoms with E-state index < -0.39 is 34.5 Å². The third-order valence-electron chi connectivity index (χ3n) is 17.4. The van der Waals surface area contributed by atoms with Crippen molar-refractivity contribution in [3.8, 4) is 56.4 Å². The minimum Gasteiger partial charge on any atom is -0.497 e. The summed E-state index contributed by atoms with van der Waals surface area (Å²) in [6, 6.07) is 41.0. The zero-order valence-electron chi connectivity index (χ0n) is 47.1. The topological polar surface area (TPSA) is 66.0 Å². The number of unbranched alkanes of at least 4 members (excludes halogenated alkanes) is 2. The van der Waals surface area contributed by atoms with Crippen LogP contribution in [0.3, 0.4) is 0 Å². The second kappa shape index (κ2) is 21.7. The van der Waals surface area contributed by atoms with Crippen LogP contribution in [0.5, 0.6) is 23.0 Å². The lowest BCUT2D eigenvalue weighted by molar-refractivity contribution is -0.143. The lowest BCUT2D eigenvalue weighted by atomic mass is 9.75. The molecule has 1 aliphatic heterocycles. The van der Waals surface area contributed by atoms with Crippen LogP contribution in [0.25, 0.3) is 50.2 Å². The zero-order chi connectivity index (χ0) is 57.9. The fraction of sp³-hybridized carbons (Fsp3) is 0.300. The predicted octanol–water partition coefficient (Wildman–Crippen LogP) is 19.3. The SMILES string of the molecule is CCCCC[C@H]1CC[C@H](c2ccc(-c3ccc(C(=O)Nc4ccc(-c5cc6c7c(c8c(c6cc5OC)OC(c5ccc(OC)cc5)(c5ccc(OC)cc5)C=C8)C(C)(C)c5c-7cc(C(F)(F)F)cc5C(F)(F)F)c(C)c4)cc3)cc2)CC1.